The highest BCUT2D eigenvalue weighted by molar-refractivity contribution is 6.55. The van der Waals surface area contributed by atoms with Gasteiger partial charge < -0.3 is 14.6 Å². The average molecular weight is 488 g/mol. The van der Waals surface area contributed by atoms with Crippen LogP contribution in [0.25, 0.3) is 33.3 Å². The van der Waals surface area contributed by atoms with Gasteiger partial charge in [0.1, 0.15) is 0 Å². The van der Waals surface area contributed by atoms with Crippen molar-refractivity contribution in [1.29, 1.82) is 0 Å². The minimum absolute atomic E-state index is 0.261. The van der Waals surface area contributed by atoms with Gasteiger partial charge in [0.2, 0.25) is 6.41 Å². The zero-order valence-electron chi connectivity index (χ0n) is 20.3. The zero-order chi connectivity index (χ0) is 24.8. The molecule has 6 nitrogen and oxygen atoms in total. The van der Waals surface area contributed by atoms with E-state index in [0.29, 0.717) is 17.9 Å². The van der Waals surface area contributed by atoms with Gasteiger partial charge in [-0.25, -0.2) is 4.79 Å². The Labute approximate surface area is 207 Å². The molecule has 0 amide bonds. The highest BCUT2D eigenvalue weighted by Crippen LogP contribution is 2.36. The molecule has 4 aromatic rings. The Balaban J connectivity index is 1.91. The summed E-state index contributed by atoms with van der Waals surface area (Å²) in [6, 6.07) is 26.5. The van der Waals surface area contributed by atoms with Crippen LogP contribution in [0.2, 0.25) is 19.1 Å². The third kappa shape index (κ3) is 5.65. The number of benzene rings is 3. The SMILES string of the molecule is CCOC(=O)c1cc(-c2ccccc2)n(NC(O)OCC[Si](C)C)c1-c1cccc2ccccc12. The molecule has 0 saturated carbocycles. The van der Waals surface area contributed by atoms with Gasteiger partial charge in [-0.1, -0.05) is 85.9 Å². The number of carbonyl (C=O) groups is 1. The molecule has 4 rings (SSSR count). The topological polar surface area (TPSA) is 72.7 Å². The van der Waals surface area contributed by atoms with E-state index in [1.165, 1.54) is 0 Å². The van der Waals surface area contributed by atoms with Crippen LogP contribution in [0.3, 0.4) is 0 Å². The monoisotopic (exact) mass is 487 g/mol. The average Bonchev–Trinajstić information content (AvgIpc) is 3.23. The van der Waals surface area contributed by atoms with Crippen molar-refractivity contribution in [1.82, 2.24) is 4.68 Å². The Hall–Kier alpha value is -3.39. The van der Waals surface area contributed by atoms with E-state index in [0.717, 1.165) is 33.6 Å². The quantitative estimate of drug-likeness (QED) is 0.169. The molecule has 1 heterocycles. The fourth-order valence-corrected chi connectivity index (χ4v) is 4.58. The summed E-state index contributed by atoms with van der Waals surface area (Å²) in [5.74, 6) is -0.423. The lowest BCUT2D eigenvalue weighted by Gasteiger charge is -2.22. The van der Waals surface area contributed by atoms with Crippen LogP contribution in [-0.2, 0) is 9.47 Å². The van der Waals surface area contributed by atoms with Crippen LogP contribution in [0, 0.1) is 0 Å². The molecule has 0 aliphatic heterocycles. The van der Waals surface area contributed by atoms with Crippen LogP contribution in [0.4, 0.5) is 0 Å². The van der Waals surface area contributed by atoms with Gasteiger partial charge in [0.25, 0.3) is 0 Å². The molecular formula is C28H31N2O4Si. The molecule has 35 heavy (non-hydrogen) atoms. The van der Waals surface area contributed by atoms with E-state index in [2.05, 4.69) is 18.5 Å². The molecular weight excluding hydrogens is 456 g/mol. The molecule has 0 spiro atoms. The second kappa shape index (κ2) is 11.4. The molecule has 1 aromatic heterocycles. The van der Waals surface area contributed by atoms with Gasteiger partial charge in [0.05, 0.1) is 23.6 Å². The summed E-state index contributed by atoms with van der Waals surface area (Å²) in [6.07, 6.45) is -1.25. The largest absolute Gasteiger partial charge is 0.462 e. The number of hydrogen-bond donors (Lipinski definition) is 2. The van der Waals surface area contributed by atoms with Crippen LogP contribution in [0.5, 0.6) is 0 Å². The molecule has 3 aromatic carbocycles. The standard InChI is InChI=1S/C28H31N2O4Si/c1-4-33-27(31)24-19-25(21-12-6-5-7-13-21)30(29-28(32)34-17-18-35(2)3)26(24)23-16-10-14-20-11-8-9-15-22(20)23/h5-16,19,28-29,32H,4,17-18H2,1-3H3. The fourth-order valence-electron chi connectivity index (χ4n) is 4.05. The first-order chi connectivity index (χ1) is 17.0. The maximum Gasteiger partial charge on any atom is 0.340 e. The summed E-state index contributed by atoms with van der Waals surface area (Å²) >= 11 is 0. The summed E-state index contributed by atoms with van der Waals surface area (Å²) in [5.41, 5.74) is 6.56. The van der Waals surface area contributed by atoms with E-state index in [1.807, 2.05) is 78.9 Å². The number of ether oxygens (including phenoxy) is 2. The summed E-state index contributed by atoms with van der Waals surface area (Å²) in [5, 5.41) is 12.8. The minimum Gasteiger partial charge on any atom is -0.462 e. The van der Waals surface area contributed by atoms with Gasteiger partial charge in [0.15, 0.2) is 0 Å². The number of aromatic nitrogens is 1. The Morgan fingerprint density at radius 3 is 2.49 bits per heavy atom. The number of hydrogen-bond acceptors (Lipinski definition) is 5. The van der Waals surface area contributed by atoms with E-state index >= 15 is 0 Å². The number of carbonyl (C=O) groups excluding carboxylic acids is 1. The van der Waals surface area contributed by atoms with Gasteiger partial charge in [-0.05, 0) is 29.8 Å². The molecule has 0 aliphatic rings. The van der Waals surface area contributed by atoms with Crippen molar-refractivity contribution < 1.29 is 19.4 Å². The summed E-state index contributed by atoms with van der Waals surface area (Å²) in [4.78, 5) is 13.2. The van der Waals surface area contributed by atoms with E-state index in [4.69, 9.17) is 9.47 Å². The number of nitrogens with zero attached hydrogens (tertiary/aromatic N) is 1. The maximum atomic E-state index is 13.2. The molecule has 1 radical (unpaired) electrons. The molecule has 181 valence electrons. The molecule has 0 saturated heterocycles. The second-order valence-electron chi connectivity index (χ2n) is 8.55. The highest BCUT2D eigenvalue weighted by Gasteiger charge is 2.26. The number of aliphatic hydroxyl groups excluding tert-OH is 1. The Kier molecular flexibility index (Phi) is 8.02. The third-order valence-electron chi connectivity index (χ3n) is 5.73. The predicted molar refractivity (Wildman–Crippen MR) is 142 cm³/mol. The van der Waals surface area contributed by atoms with E-state index in [-0.39, 0.29) is 6.61 Å². The fraction of sp³-hybridized carbons (Fsp3) is 0.250. The van der Waals surface area contributed by atoms with Crippen LogP contribution >= 0.6 is 0 Å². The van der Waals surface area contributed by atoms with Gasteiger partial charge in [-0.2, -0.15) is 0 Å². The van der Waals surface area contributed by atoms with Crippen LogP contribution < -0.4 is 5.43 Å². The van der Waals surface area contributed by atoms with Crippen molar-refractivity contribution in [3.05, 3.63) is 84.4 Å². The molecule has 0 bridgehead atoms. The van der Waals surface area contributed by atoms with Crippen LogP contribution in [0.1, 0.15) is 17.3 Å². The lowest BCUT2D eigenvalue weighted by atomic mass is 10.00. The van der Waals surface area contributed by atoms with Crippen LogP contribution in [0.15, 0.2) is 78.9 Å². The summed E-state index contributed by atoms with van der Waals surface area (Å²) in [7, 11) is -0.473. The molecule has 7 heteroatoms. The molecule has 0 aliphatic carbocycles. The Morgan fingerprint density at radius 1 is 1.03 bits per heavy atom. The first-order valence-electron chi connectivity index (χ1n) is 11.8. The highest BCUT2D eigenvalue weighted by atomic mass is 28.3. The van der Waals surface area contributed by atoms with Crippen LogP contribution in [-0.4, -0.2) is 44.2 Å². The minimum atomic E-state index is -1.25. The number of aliphatic hydroxyl groups is 1. The molecule has 2 N–H and O–H groups in total. The Morgan fingerprint density at radius 2 is 1.74 bits per heavy atom. The zero-order valence-corrected chi connectivity index (χ0v) is 21.3. The first kappa shape index (κ1) is 24.7. The predicted octanol–water partition coefficient (Wildman–Crippen LogP) is 5.74. The third-order valence-corrected chi connectivity index (χ3v) is 6.93. The van der Waals surface area contributed by atoms with Crippen molar-refractivity contribution in [2.24, 2.45) is 0 Å². The van der Waals surface area contributed by atoms with Gasteiger partial charge >= 0.3 is 5.97 Å². The van der Waals surface area contributed by atoms with Gasteiger partial charge in [-0.15, -0.1) is 0 Å². The van der Waals surface area contributed by atoms with Crippen molar-refractivity contribution in [2.45, 2.75) is 32.5 Å². The second-order valence-corrected chi connectivity index (χ2v) is 11.5. The van der Waals surface area contributed by atoms with Crippen molar-refractivity contribution in [3.63, 3.8) is 0 Å². The molecule has 1 unspecified atom stereocenters. The lowest BCUT2D eigenvalue weighted by Crippen LogP contribution is -2.32. The van der Waals surface area contributed by atoms with E-state index in [9.17, 15) is 9.90 Å². The molecule has 1 atom stereocenters. The normalized spacial score (nSPS) is 12.1. The first-order valence-corrected chi connectivity index (χ1v) is 14.5. The number of esters is 1. The summed E-state index contributed by atoms with van der Waals surface area (Å²) < 4.78 is 12.9. The molecule has 0 fully saturated rings. The lowest BCUT2D eigenvalue weighted by molar-refractivity contribution is -0.0811. The number of rotatable bonds is 10. The van der Waals surface area contributed by atoms with Gasteiger partial charge in [-0.3, -0.25) is 10.1 Å². The van der Waals surface area contributed by atoms with Crippen molar-refractivity contribution in [3.8, 4) is 22.5 Å². The smallest absolute Gasteiger partial charge is 0.340 e. The summed E-state index contributed by atoms with van der Waals surface area (Å²) in [6.45, 7) is 6.91. The van der Waals surface area contributed by atoms with Crippen molar-refractivity contribution in [2.75, 3.05) is 18.6 Å². The maximum absolute atomic E-state index is 13.2. The van der Waals surface area contributed by atoms with Crippen molar-refractivity contribution >= 4 is 25.5 Å². The van der Waals surface area contributed by atoms with E-state index < -0.39 is 21.2 Å². The van der Waals surface area contributed by atoms with Gasteiger partial charge in [0, 0.05) is 26.5 Å². The number of fused-ring (bicyclic) bond motifs is 1. The number of nitrogens with one attached hydrogen (secondary N) is 1. The Bertz CT molecular complexity index is 1280. The van der Waals surface area contributed by atoms with E-state index in [1.54, 1.807) is 11.6 Å².